The second kappa shape index (κ2) is 5.89. The lowest BCUT2D eigenvalue weighted by atomic mass is 9.89. The van der Waals surface area contributed by atoms with E-state index in [0.29, 0.717) is 13.1 Å². The van der Waals surface area contributed by atoms with Crippen LogP contribution in [0.1, 0.15) is 40.0 Å². The lowest BCUT2D eigenvalue weighted by Crippen LogP contribution is -2.53. The molecule has 106 valence electrons. The summed E-state index contributed by atoms with van der Waals surface area (Å²) < 4.78 is 11.0. The number of carbonyl (C=O) groups is 1. The van der Waals surface area contributed by atoms with Crippen LogP contribution in [0, 0.1) is 0 Å². The van der Waals surface area contributed by atoms with E-state index in [1.807, 2.05) is 20.8 Å². The number of rotatable bonds is 3. The van der Waals surface area contributed by atoms with E-state index >= 15 is 0 Å². The Balaban J connectivity index is 2.65. The van der Waals surface area contributed by atoms with Gasteiger partial charge in [-0.2, -0.15) is 0 Å². The summed E-state index contributed by atoms with van der Waals surface area (Å²) in [5, 5.41) is 0. The number of methoxy groups -OCH3 is 1. The Bertz CT molecular complexity index is 284. The molecule has 0 radical (unpaired) electrons. The maximum atomic E-state index is 12.0. The van der Waals surface area contributed by atoms with Crippen molar-refractivity contribution in [3.8, 4) is 0 Å². The van der Waals surface area contributed by atoms with Crippen LogP contribution in [0.4, 0.5) is 4.79 Å². The molecule has 1 rings (SSSR count). The third-order valence-corrected chi connectivity index (χ3v) is 3.22. The van der Waals surface area contributed by atoms with Crippen LogP contribution in [0.5, 0.6) is 0 Å². The topological polar surface area (TPSA) is 64.8 Å². The van der Waals surface area contributed by atoms with E-state index in [4.69, 9.17) is 15.2 Å². The van der Waals surface area contributed by atoms with Crippen molar-refractivity contribution in [2.75, 3.05) is 26.7 Å². The van der Waals surface area contributed by atoms with E-state index in [9.17, 15) is 4.79 Å². The van der Waals surface area contributed by atoms with Gasteiger partial charge in [-0.1, -0.05) is 0 Å². The second-order valence-corrected chi connectivity index (χ2v) is 5.93. The predicted molar refractivity (Wildman–Crippen MR) is 70.5 cm³/mol. The van der Waals surface area contributed by atoms with Crippen molar-refractivity contribution in [3.05, 3.63) is 0 Å². The zero-order valence-electron chi connectivity index (χ0n) is 12.0. The highest BCUT2D eigenvalue weighted by Gasteiger charge is 2.37. The Morgan fingerprint density at radius 3 is 2.61 bits per heavy atom. The molecule has 2 N–H and O–H groups in total. The van der Waals surface area contributed by atoms with Gasteiger partial charge in [0.05, 0.1) is 12.1 Å². The molecule has 1 atom stereocenters. The molecular formula is C13H26N2O3. The predicted octanol–water partition coefficient (Wildman–Crippen LogP) is 1.75. The van der Waals surface area contributed by atoms with Gasteiger partial charge in [-0.25, -0.2) is 4.79 Å². The Hall–Kier alpha value is -0.810. The lowest BCUT2D eigenvalue weighted by molar-refractivity contribution is -0.0717. The summed E-state index contributed by atoms with van der Waals surface area (Å²) in [5.41, 5.74) is 4.87. The maximum Gasteiger partial charge on any atom is 0.410 e. The summed E-state index contributed by atoms with van der Waals surface area (Å²) in [6, 6.07) is 0. The molecule has 0 aromatic rings. The van der Waals surface area contributed by atoms with Gasteiger partial charge in [-0.05, 0) is 46.6 Å². The zero-order chi connectivity index (χ0) is 13.8. The molecule has 5 nitrogen and oxygen atoms in total. The van der Waals surface area contributed by atoms with Crippen molar-refractivity contribution < 1.29 is 14.3 Å². The quantitative estimate of drug-likeness (QED) is 0.837. The molecule has 1 aliphatic rings. The van der Waals surface area contributed by atoms with Crippen molar-refractivity contribution in [2.45, 2.75) is 51.2 Å². The number of nitrogens with two attached hydrogens (primary N) is 1. The van der Waals surface area contributed by atoms with Gasteiger partial charge in [0.1, 0.15) is 5.60 Å². The highest BCUT2D eigenvalue weighted by molar-refractivity contribution is 5.68. The van der Waals surface area contributed by atoms with Crippen LogP contribution >= 0.6 is 0 Å². The Morgan fingerprint density at radius 2 is 2.11 bits per heavy atom. The number of hydrogen-bond acceptors (Lipinski definition) is 4. The molecule has 0 saturated carbocycles. The number of carbonyl (C=O) groups excluding carboxylic acids is 1. The molecule has 1 saturated heterocycles. The molecule has 1 unspecified atom stereocenters. The number of nitrogens with zero attached hydrogens (tertiary/aromatic N) is 1. The molecule has 1 heterocycles. The summed E-state index contributed by atoms with van der Waals surface area (Å²) in [5.74, 6) is 0. The first-order chi connectivity index (χ1) is 8.32. The van der Waals surface area contributed by atoms with Crippen molar-refractivity contribution in [1.82, 2.24) is 4.90 Å². The summed E-state index contributed by atoms with van der Waals surface area (Å²) in [6.07, 6.45) is 2.37. The standard InChI is InChI=1S/C13H26N2O3/c1-12(2,3)18-11(16)15-9-5-6-13(10-15,17-4)7-8-14/h5-10,14H2,1-4H3. The van der Waals surface area contributed by atoms with Gasteiger partial charge >= 0.3 is 6.09 Å². The Morgan fingerprint density at radius 1 is 1.44 bits per heavy atom. The lowest BCUT2D eigenvalue weighted by Gasteiger charge is -2.42. The van der Waals surface area contributed by atoms with Crippen LogP contribution in [-0.4, -0.2) is 48.9 Å². The van der Waals surface area contributed by atoms with Gasteiger partial charge in [-0.15, -0.1) is 0 Å². The smallest absolute Gasteiger partial charge is 0.410 e. The van der Waals surface area contributed by atoms with E-state index in [2.05, 4.69) is 0 Å². The van der Waals surface area contributed by atoms with Crippen LogP contribution in [0.25, 0.3) is 0 Å². The van der Waals surface area contributed by atoms with Gasteiger partial charge in [0.25, 0.3) is 0 Å². The SMILES string of the molecule is COC1(CCN)CCCN(C(=O)OC(C)(C)C)C1. The third kappa shape index (κ3) is 4.14. The number of piperidine rings is 1. The molecule has 0 spiro atoms. The minimum absolute atomic E-state index is 0.263. The first kappa shape index (κ1) is 15.2. The largest absolute Gasteiger partial charge is 0.444 e. The molecule has 1 fully saturated rings. The number of likely N-dealkylation sites (tertiary alicyclic amines) is 1. The normalized spacial score (nSPS) is 25.1. The fourth-order valence-electron chi connectivity index (χ4n) is 2.32. The number of ether oxygens (including phenoxy) is 2. The zero-order valence-corrected chi connectivity index (χ0v) is 12.0. The van der Waals surface area contributed by atoms with E-state index < -0.39 is 5.60 Å². The summed E-state index contributed by atoms with van der Waals surface area (Å²) >= 11 is 0. The minimum Gasteiger partial charge on any atom is -0.444 e. The highest BCUT2D eigenvalue weighted by atomic mass is 16.6. The average Bonchev–Trinajstić information content (AvgIpc) is 2.27. The Kier molecular flexibility index (Phi) is 4.99. The fraction of sp³-hybridized carbons (Fsp3) is 0.923. The van der Waals surface area contributed by atoms with Crippen LogP contribution in [-0.2, 0) is 9.47 Å². The van der Waals surface area contributed by atoms with E-state index in [1.165, 1.54) is 0 Å². The Labute approximate surface area is 110 Å². The molecule has 0 bridgehead atoms. The molecule has 18 heavy (non-hydrogen) atoms. The second-order valence-electron chi connectivity index (χ2n) is 5.93. The summed E-state index contributed by atoms with van der Waals surface area (Å²) in [4.78, 5) is 13.8. The van der Waals surface area contributed by atoms with E-state index in [1.54, 1.807) is 12.0 Å². The van der Waals surface area contributed by atoms with Gasteiger partial charge in [0.15, 0.2) is 0 Å². The number of amides is 1. The monoisotopic (exact) mass is 258 g/mol. The molecular weight excluding hydrogens is 232 g/mol. The van der Waals surface area contributed by atoms with Gasteiger partial charge in [0, 0.05) is 13.7 Å². The first-order valence-corrected chi connectivity index (χ1v) is 6.55. The van der Waals surface area contributed by atoms with Crippen LogP contribution < -0.4 is 5.73 Å². The highest BCUT2D eigenvalue weighted by Crippen LogP contribution is 2.28. The van der Waals surface area contributed by atoms with Crippen LogP contribution in [0.2, 0.25) is 0 Å². The molecule has 5 heteroatoms. The van der Waals surface area contributed by atoms with Gasteiger partial charge in [0.2, 0.25) is 0 Å². The average molecular weight is 258 g/mol. The summed E-state index contributed by atoms with van der Waals surface area (Å²) in [6.45, 7) is 7.48. The molecule has 0 aromatic carbocycles. The molecule has 0 aromatic heterocycles. The van der Waals surface area contributed by atoms with Crippen molar-refractivity contribution in [2.24, 2.45) is 5.73 Å². The third-order valence-electron chi connectivity index (χ3n) is 3.22. The van der Waals surface area contributed by atoms with Gasteiger partial charge in [-0.3, -0.25) is 0 Å². The van der Waals surface area contributed by atoms with E-state index in [0.717, 1.165) is 25.8 Å². The first-order valence-electron chi connectivity index (χ1n) is 6.55. The van der Waals surface area contributed by atoms with Crippen molar-refractivity contribution in [1.29, 1.82) is 0 Å². The molecule has 1 amide bonds. The van der Waals surface area contributed by atoms with Crippen molar-refractivity contribution in [3.63, 3.8) is 0 Å². The minimum atomic E-state index is -0.460. The number of hydrogen-bond donors (Lipinski definition) is 1. The van der Waals surface area contributed by atoms with E-state index in [-0.39, 0.29) is 11.7 Å². The van der Waals surface area contributed by atoms with Crippen LogP contribution in [0.3, 0.4) is 0 Å². The summed E-state index contributed by atoms with van der Waals surface area (Å²) in [7, 11) is 1.69. The van der Waals surface area contributed by atoms with Gasteiger partial charge < -0.3 is 20.1 Å². The molecule has 0 aliphatic carbocycles. The fourth-order valence-corrected chi connectivity index (χ4v) is 2.32. The molecule has 1 aliphatic heterocycles. The maximum absolute atomic E-state index is 12.0. The van der Waals surface area contributed by atoms with Crippen molar-refractivity contribution >= 4 is 6.09 Å². The van der Waals surface area contributed by atoms with Crippen LogP contribution in [0.15, 0.2) is 0 Å².